The number of fused-ring (bicyclic) bond motifs is 2. The number of aromatic nitrogens is 3. The van der Waals surface area contributed by atoms with Crippen molar-refractivity contribution in [3.63, 3.8) is 0 Å². The molecule has 0 radical (unpaired) electrons. The molecule has 3 N–H and O–H groups in total. The molecule has 1 aliphatic heterocycles. The molecule has 1 aromatic carbocycles. The highest BCUT2D eigenvalue weighted by molar-refractivity contribution is 6.01. The summed E-state index contributed by atoms with van der Waals surface area (Å²) in [5.74, 6) is -0.157. The topological polar surface area (TPSA) is 91.8 Å². The molecule has 2 saturated carbocycles. The van der Waals surface area contributed by atoms with E-state index < -0.39 is 5.82 Å². The number of hydrogen-bond acceptors (Lipinski definition) is 4. The van der Waals surface area contributed by atoms with E-state index in [4.69, 9.17) is 4.98 Å². The van der Waals surface area contributed by atoms with Crippen molar-refractivity contribution < 1.29 is 9.18 Å². The lowest BCUT2D eigenvalue weighted by molar-refractivity contribution is 0.0958. The highest BCUT2D eigenvalue weighted by Crippen LogP contribution is 2.42. The molecule has 2 aromatic heterocycles. The first kappa shape index (κ1) is 17.7. The summed E-state index contributed by atoms with van der Waals surface area (Å²) in [6.45, 7) is 3.97. The Balaban J connectivity index is 1.60. The molecule has 30 heavy (non-hydrogen) atoms. The minimum Gasteiger partial charge on any atom is -0.356 e. The van der Waals surface area contributed by atoms with Crippen LogP contribution in [0.4, 0.5) is 10.3 Å². The molecule has 3 aromatic rings. The molecular weight excluding hydrogens is 385 g/mol. The number of carbonyl (C=O) groups is 1. The molecule has 8 heteroatoms. The van der Waals surface area contributed by atoms with Gasteiger partial charge in [0.2, 0.25) is 5.95 Å². The summed E-state index contributed by atoms with van der Waals surface area (Å²) in [5.41, 5.74) is 2.01. The number of aromatic amines is 1. The maximum atomic E-state index is 15.1. The van der Waals surface area contributed by atoms with Crippen molar-refractivity contribution in [2.45, 2.75) is 57.2 Å². The van der Waals surface area contributed by atoms with Crippen molar-refractivity contribution in [2.75, 3.05) is 5.32 Å². The molecule has 2 fully saturated rings. The van der Waals surface area contributed by atoms with Gasteiger partial charge >= 0.3 is 0 Å². The molecular formula is C22H22FN5O2. The summed E-state index contributed by atoms with van der Waals surface area (Å²) in [7, 11) is 0. The molecule has 3 heterocycles. The van der Waals surface area contributed by atoms with E-state index in [-0.39, 0.29) is 34.7 Å². The van der Waals surface area contributed by atoms with Crippen LogP contribution in [-0.4, -0.2) is 26.0 Å². The van der Waals surface area contributed by atoms with E-state index in [0.29, 0.717) is 28.1 Å². The van der Waals surface area contributed by atoms with Crippen LogP contribution in [-0.2, 0) is 0 Å². The number of hydrogen-bond donors (Lipinski definition) is 3. The zero-order valence-electron chi connectivity index (χ0n) is 16.8. The van der Waals surface area contributed by atoms with Crippen LogP contribution in [0.2, 0.25) is 0 Å². The molecule has 2 aliphatic carbocycles. The first-order valence-electron chi connectivity index (χ1n) is 10.4. The number of nitrogens with one attached hydrogen (secondary N) is 3. The number of rotatable bonds is 4. The smallest absolute Gasteiger partial charge is 0.263 e. The molecule has 1 amide bonds. The molecule has 0 bridgehead atoms. The Bertz CT molecular complexity index is 1300. The fourth-order valence-electron chi connectivity index (χ4n) is 4.32. The van der Waals surface area contributed by atoms with Crippen LogP contribution in [0.15, 0.2) is 23.0 Å². The molecule has 6 rings (SSSR count). The summed E-state index contributed by atoms with van der Waals surface area (Å²) in [4.78, 5) is 33.5. The van der Waals surface area contributed by atoms with Crippen LogP contribution in [0.3, 0.4) is 0 Å². The quantitative estimate of drug-likeness (QED) is 0.616. The number of carbonyl (C=O) groups excluding carboxylic acids is 1. The van der Waals surface area contributed by atoms with Gasteiger partial charge in [0.05, 0.1) is 39.5 Å². The van der Waals surface area contributed by atoms with Crippen molar-refractivity contribution in [3.05, 3.63) is 45.6 Å². The minimum absolute atomic E-state index is 0.0711. The lowest BCUT2D eigenvalue weighted by atomic mass is 10.1. The maximum absolute atomic E-state index is 15.1. The zero-order valence-corrected chi connectivity index (χ0v) is 16.8. The van der Waals surface area contributed by atoms with Crippen molar-refractivity contribution in [1.29, 1.82) is 0 Å². The minimum atomic E-state index is -0.477. The fourth-order valence-corrected chi connectivity index (χ4v) is 4.32. The largest absolute Gasteiger partial charge is 0.356 e. The van der Waals surface area contributed by atoms with Gasteiger partial charge in [0.25, 0.3) is 11.5 Å². The van der Waals surface area contributed by atoms with Crippen LogP contribution >= 0.6 is 0 Å². The van der Waals surface area contributed by atoms with E-state index in [1.807, 2.05) is 6.92 Å². The highest BCUT2D eigenvalue weighted by Gasteiger charge is 2.40. The van der Waals surface area contributed by atoms with Gasteiger partial charge in [0, 0.05) is 11.6 Å². The average Bonchev–Trinajstić information content (AvgIpc) is 3.58. The second-order valence-corrected chi connectivity index (χ2v) is 9.05. The maximum Gasteiger partial charge on any atom is 0.263 e. The van der Waals surface area contributed by atoms with Crippen LogP contribution in [0.5, 0.6) is 0 Å². The number of anilines is 1. The Morgan fingerprint density at radius 1 is 1.27 bits per heavy atom. The predicted molar refractivity (Wildman–Crippen MR) is 111 cm³/mol. The fraction of sp³-hybridized carbons (Fsp3) is 0.409. The number of amides is 1. The van der Waals surface area contributed by atoms with E-state index >= 15 is 4.39 Å². The van der Waals surface area contributed by atoms with Crippen LogP contribution < -0.4 is 16.2 Å². The number of nitrogens with zero attached hydrogens (tertiary/aromatic N) is 2. The van der Waals surface area contributed by atoms with Gasteiger partial charge < -0.3 is 15.6 Å². The number of halogens is 1. The Kier molecular flexibility index (Phi) is 3.36. The highest BCUT2D eigenvalue weighted by atomic mass is 19.1. The Labute approximate surface area is 171 Å². The Hall–Kier alpha value is -3.16. The van der Waals surface area contributed by atoms with Gasteiger partial charge in [-0.2, -0.15) is 0 Å². The van der Waals surface area contributed by atoms with E-state index in [9.17, 15) is 9.59 Å². The van der Waals surface area contributed by atoms with Gasteiger partial charge in [-0.3, -0.25) is 14.2 Å². The third kappa shape index (κ3) is 2.52. The molecule has 0 unspecified atom stereocenters. The van der Waals surface area contributed by atoms with Crippen molar-refractivity contribution in [3.8, 4) is 11.3 Å². The lowest BCUT2D eigenvalue weighted by Gasteiger charge is -2.19. The molecule has 0 spiro atoms. The molecule has 154 valence electrons. The predicted octanol–water partition coefficient (Wildman–Crippen LogP) is 3.63. The third-order valence-electron chi connectivity index (χ3n) is 6.49. The Morgan fingerprint density at radius 2 is 2.03 bits per heavy atom. The van der Waals surface area contributed by atoms with Gasteiger partial charge in [0.15, 0.2) is 0 Å². The lowest BCUT2D eigenvalue weighted by Crippen LogP contribution is -2.28. The monoisotopic (exact) mass is 407 g/mol. The number of H-pyrrole nitrogens is 1. The van der Waals surface area contributed by atoms with E-state index in [1.165, 1.54) is 12.1 Å². The first-order chi connectivity index (χ1) is 14.3. The SMILES string of the molecule is C[C@H]1NC(=O)c2cc(-c3c(F)ccc4c(=O)n(C5CC5)c(NC5(C)CC5)nc34)[nH]c21. The third-order valence-corrected chi connectivity index (χ3v) is 6.49. The molecule has 1 atom stereocenters. The summed E-state index contributed by atoms with van der Waals surface area (Å²) in [6, 6.07) is 4.44. The first-order valence-corrected chi connectivity index (χ1v) is 10.4. The van der Waals surface area contributed by atoms with Crippen LogP contribution in [0, 0.1) is 5.82 Å². The summed E-state index contributed by atoms with van der Waals surface area (Å²) in [5, 5.41) is 6.64. The van der Waals surface area contributed by atoms with Gasteiger partial charge in [-0.15, -0.1) is 0 Å². The average molecular weight is 407 g/mol. The zero-order chi connectivity index (χ0) is 20.8. The normalized spacial score (nSPS) is 21.6. The van der Waals surface area contributed by atoms with Gasteiger partial charge in [0.1, 0.15) is 5.82 Å². The molecule has 0 saturated heterocycles. The summed E-state index contributed by atoms with van der Waals surface area (Å²) in [6.07, 6.45) is 3.92. The van der Waals surface area contributed by atoms with E-state index in [2.05, 4.69) is 22.5 Å². The van der Waals surface area contributed by atoms with Crippen LogP contribution in [0.1, 0.15) is 67.7 Å². The van der Waals surface area contributed by atoms with Crippen molar-refractivity contribution in [1.82, 2.24) is 19.9 Å². The van der Waals surface area contributed by atoms with Crippen LogP contribution in [0.25, 0.3) is 22.2 Å². The molecule has 7 nitrogen and oxygen atoms in total. The van der Waals surface area contributed by atoms with Gasteiger partial charge in [-0.05, 0) is 57.7 Å². The number of benzene rings is 1. The van der Waals surface area contributed by atoms with Gasteiger partial charge in [-0.25, -0.2) is 9.37 Å². The van der Waals surface area contributed by atoms with E-state index in [1.54, 1.807) is 10.6 Å². The Morgan fingerprint density at radius 3 is 2.70 bits per heavy atom. The summed E-state index contributed by atoms with van der Waals surface area (Å²) < 4.78 is 16.8. The van der Waals surface area contributed by atoms with Crippen molar-refractivity contribution >= 4 is 22.8 Å². The standard InChI is InChI=1S/C22H22FN5O2/c1-10-17-13(19(29)24-10)9-15(25-17)16-14(23)6-5-12-18(16)26-21(27-22(2)7-8-22)28(20(12)30)11-3-4-11/h5-6,9-11,25H,3-4,7-8H2,1-2H3,(H,24,29)(H,26,27)/t10-/m1/s1. The second kappa shape index (κ2) is 5.71. The molecule has 3 aliphatic rings. The van der Waals surface area contributed by atoms with E-state index in [0.717, 1.165) is 31.4 Å². The second-order valence-electron chi connectivity index (χ2n) is 9.05. The van der Waals surface area contributed by atoms with Crippen molar-refractivity contribution in [2.24, 2.45) is 0 Å². The van der Waals surface area contributed by atoms with Gasteiger partial charge in [-0.1, -0.05) is 0 Å². The summed E-state index contributed by atoms with van der Waals surface area (Å²) >= 11 is 0.